The summed E-state index contributed by atoms with van der Waals surface area (Å²) in [4.78, 5) is 38.2. The summed E-state index contributed by atoms with van der Waals surface area (Å²) < 4.78 is 0. The van der Waals surface area contributed by atoms with Crippen LogP contribution >= 0.6 is 12.4 Å². The lowest BCUT2D eigenvalue weighted by atomic mass is 10.0. The lowest BCUT2D eigenvalue weighted by Crippen LogP contribution is -2.48. The zero-order valence-corrected chi connectivity index (χ0v) is 15.0. The van der Waals surface area contributed by atoms with E-state index in [4.69, 9.17) is 5.73 Å². The lowest BCUT2D eigenvalue weighted by molar-refractivity contribution is 0.0652. The van der Waals surface area contributed by atoms with Crippen LogP contribution in [0.15, 0.2) is 18.2 Å². The minimum absolute atomic E-state index is 0. The number of nitrogens with zero attached hydrogens (tertiary/aromatic N) is 1. The Morgan fingerprint density at radius 3 is 2.42 bits per heavy atom. The first kappa shape index (κ1) is 20.1. The molecular weight excluding hydrogens is 330 g/mol. The van der Waals surface area contributed by atoms with Gasteiger partial charge < -0.3 is 11.1 Å². The van der Waals surface area contributed by atoms with E-state index in [2.05, 4.69) is 5.32 Å². The molecular formula is C17H24ClN3O3. The third-order valence-corrected chi connectivity index (χ3v) is 3.93. The number of carbonyl (C=O) groups excluding carboxylic acids is 3. The Morgan fingerprint density at radius 2 is 1.83 bits per heavy atom. The van der Waals surface area contributed by atoms with Gasteiger partial charge in [0.2, 0.25) is 0 Å². The molecule has 1 aliphatic rings. The van der Waals surface area contributed by atoms with Crippen molar-refractivity contribution in [3.8, 4) is 0 Å². The van der Waals surface area contributed by atoms with Crippen molar-refractivity contribution >= 4 is 30.1 Å². The van der Waals surface area contributed by atoms with Crippen molar-refractivity contribution in [2.45, 2.75) is 39.2 Å². The molecule has 1 aromatic rings. The number of unbranched alkanes of at least 4 members (excludes halogenated alkanes) is 1. The summed E-state index contributed by atoms with van der Waals surface area (Å²) in [7, 11) is 0. The van der Waals surface area contributed by atoms with E-state index in [0.717, 1.165) is 12.8 Å². The van der Waals surface area contributed by atoms with Gasteiger partial charge in [0, 0.05) is 24.2 Å². The highest BCUT2D eigenvalue weighted by atomic mass is 35.5. The largest absolute Gasteiger partial charge is 0.346 e. The Balaban J connectivity index is 0.00000288. The zero-order valence-electron chi connectivity index (χ0n) is 14.2. The van der Waals surface area contributed by atoms with Crippen molar-refractivity contribution < 1.29 is 14.4 Å². The highest BCUT2D eigenvalue weighted by Crippen LogP contribution is 2.24. The molecule has 24 heavy (non-hydrogen) atoms. The van der Waals surface area contributed by atoms with Crippen LogP contribution in [0.3, 0.4) is 0 Å². The summed E-state index contributed by atoms with van der Waals surface area (Å²) in [6, 6.07) is 4.60. The standard InChI is InChI=1S/C17H23N3O3.ClH/c1-4-5-8-20-15(22)12-7-6-11(9-13(12)16(20)23)14(21)19-17(2,3)10-18;/h6-7,9H,4-5,8,10,18H2,1-3H3,(H,19,21);1H. The molecule has 0 aromatic heterocycles. The second-order valence-corrected chi connectivity index (χ2v) is 6.42. The van der Waals surface area contributed by atoms with Crippen LogP contribution in [0.4, 0.5) is 0 Å². The smallest absolute Gasteiger partial charge is 0.261 e. The molecule has 0 spiro atoms. The molecule has 0 fully saturated rings. The van der Waals surface area contributed by atoms with E-state index in [9.17, 15) is 14.4 Å². The molecule has 0 saturated heterocycles. The van der Waals surface area contributed by atoms with Crippen LogP contribution in [0.5, 0.6) is 0 Å². The second kappa shape index (κ2) is 7.77. The molecule has 0 saturated carbocycles. The quantitative estimate of drug-likeness (QED) is 0.765. The Morgan fingerprint density at radius 1 is 1.21 bits per heavy atom. The molecule has 0 aliphatic carbocycles. The van der Waals surface area contributed by atoms with Gasteiger partial charge in [-0.3, -0.25) is 19.3 Å². The first-order valence-electron chi connectivity index (χ1n) is 7.83. The summed E-state index contributed by atoms with van der Waals surface area (Å²) in [5.41, 5.74) is 6.08. The van der Waals surface area contributed by atoms with E-state index >= 15 is 0 Å². The van der Waals surface area contributed by atoms with Gasteiger partial charge in [0.25, 0.3) is 17.7 Å². The summed E-state index contributed by atoms with van der Waals surface area (Å²) in [6.07, 6.45) is 1.67. The van der Waals surface area contributed by atoms with Crippen molar-refractivity contribution in [3.63, 3.8) is 0 Å². The summed E-state index contributed by atoms with van der Waals surface area (Å²) in [5, 5.41) is 2.81. The van der Waals surface area contributed by atoms with Crippen molar-refractivity contribution in [3.05, 3.63) is 34.9 Å². The van der Waals surface area contributed by atoms with Gasteiger partial charge in [-0.1, -0.05) is 13.3 Å². The summed E-state index contributed by atoms with van der Waals surface area (Å²) >= 11 is 0. The third kappa shape index (κ3) is 3.94. The Kier molecular flexibility index (Phi) is 6.51. The summed E-state index contributed by atoms with van der Waals surface area (Å²) in [5.74, 6) is -0.922. The first-order chi connectivity index (χ1) is 10.8. The molecule has 2 rings (SSSR count). The molecule has 132 valence electrons. The van der Waals surface area contributed by atoms with Gasteiger partial charge in [-0.2, -0.15) is 0 Å². The third-order valence-electron chi connectivity index (χ3n) is 3.93. The number of hydrogen-bond acceptors (Lipinski definition) is 4. The maximum absolute atomic E-state index is 12.4. The number of benzene rings is 1. The minimum Gasteiger partial charge on any atom is -0.346 e. The minimum atomic E-state index is -0.539. The zero-order chi connectivity index (χ0) is 17.2. The Labute approximate surface area is 148 Å². The average molecular weight is 354 g/mol. The van der Waals surface area contributed by atoms with E-state index in [1.54, 1.807) is 12.1 Å². The molecule has 0 atom stereocenters. The predicted molar refractivity (Wildman–Crippen MR) is 94.6 cm³/mol. The van der Waals surface area contributed by atoms with Crippen molar-refractivity contribution in [1.29, 1.82) is 0 Å². The molecule has 0 unspecified atom stereocenters. The lowest BCUT2D eigenvalue weighted by Gasteiger charge is -2.24. The molecule has 3 amide bonds. The topological polar surface area (TPSA) is 92.5 Å². The number of rotatable bonds is 6. The van der Waals surface area contributed by atoms with E-state index in [-0.39, 0.29) is 30.1 Å². The van der Waals surface area contributed by atoms with Crippen molar-refractivity contribution in [2.75, 3.05) is 13.1 Å². The van der Waals surface area contributed by atoms with Gasteiger partial charge >= 0.3 is 0 Å². The number of amides is 3. The highest BCUT2D eigenvalue weighted by molar-refractivity contribution is 6.22. The van der Waals surface area contributed by atoms with Crippen LogP contribution in [0.2, 0.25) is 0 Å². The van der Waals surface area contributed by atoms with Gasteiger partial charge in [0.15, 0.2) is 0 Å². The normalized spacial score (nSPS) is 13.6. The van der Waals surface area contributed by atoms with Crippen LogP contribution in [0.25, 0.3) is 0 Å². The molecule has 1 aromatic carbocycles. The fourth-order valence-corrected chi connectivity index (χ4v) is 2.38. The fraction of sp³-hybridized carbons (Fsp3) is 0.471. The monoisotopic (exact) mass is 353 g/mol. The van der Waals surface area contributed by atoms with Crippen molar-refractivity contribution in [2.24, 2.45) is 5.73 Å². The molecule has 0 bridgehead atoms. The highest BCUT2D eigenvalue weighted by Gasteiger charge is 2.35. The SMILES string of the molecule is CCCCN1C(=O)c2ccc(C(=O)NC(C)(C)CN)cc2C1=O.Cl. The van der Waals surface area contributed by atoms with Gasteiger partial charge in [-0.15, -0.1) is 12.4 Å². The maximum atomic E-state index is 12.4. The van der Waals surface area contributed by atoms with E-state index in [0.29, 0.717) is 29.8 Å². The molecule has 7 heteroatoms. The number of hydrogen-bond donors (Lipinski definition) is 2. The molecule has 3 N–H and O–H groups in total. The first-order valence-corrected chi connectivity index (χ1v) is 7.83. The Bertz CT molecular complexity index is 658. The van der Waals surface area contributed by atoms with Crippen LogP contribution < -0.4 is 11.1 Å². The van der Waals surface area contributed by atoms with E-state index in [1.165, 1.54) is 11.0 Å². The number of halogens is 1. The van der Waals surface area contributed by atoms with E-state index in [1.807, 2.05) is 20.8 Å². The Hall–Kier alpha value is -1.92. The van der Waals surface area contributed by atoms with Crippen LogP contribution in [-0.2, 0) is 0 Å². The predicted octanol–water partition coefficient (Wildman–Crippen LogP) is 1.97. The van der Waals surface area contributed by atoms with Gasteiger partial charge in [-0.25, -0.2) is 0 Å². The van der Waals surface area contributed by atoms with Crippen LogP contribution in [0.1, 0.15) is 64.7 Å². The van der Waals surface area contributed by atoms with Gasteiger partial charge in [0.05, 0.1) is 11.1 Å². The molecule has 0 radical (unpaired) electrons. The average Bonchev–Trinajstić information content (AvgIpc) is 2.76. The second-order valence-electron chi connectivity index (χ2n) is 6.42. The van der Waals surface area contributed by atoms with Gasteiger partial charge in [-0.05, 0) is 38.5 Å². The van der Waals surface area contributed by atoms with Crippen molar-refractivity contribution in [1.82, 2.24) is 10.2 Å². The molecule has 1 aliphatic heterocycles. The maximum Gasteiger partial charge on any atom is 0.261 e. The number of nitrogens with one attached hydrogen (secondary N) is 1. The van der Waals surface area contributed by atoms with E-state index < -0.39 is 5.54 Å². The molecule has 6 nitrogen and oxygen atoms in total. The molecule has 1 heterocycles. The fourth-order valence-electron chi connectivity index (χ4n) is 2.38. The van der Waals surface area contributed by atoms with Gasteiger partial charge in [0.1, 0.15) is 0 Å². The summed E-state index contributed by atoms with van der Waals surface area (Å²) in [6.45, 7) is 6.34. The van der Waals surface area contributed by atoms with Crippen LogP contribution in [-0.4, -0.2) is 41.2 Å². The number of nitrogens with two attached hydrogens (primary N) is 1. The number of fused-ring (bicyclic) bond motifs is 1. The number of imide groups is 1. The number of carbonyl (C=O) groups is 3. The van der Waals surface area contributed by atoms with Crippen LogP contribution in [0, 0.1) is 0 Å².